The quantitative estimate of drug-likeness (QED) is 0.900. The van der Waals surface area contributed by atoms with Crippen LogP contribution < -0.4 is 5.73 Å². The van der Waals surface area contributed by atoms with Gasteiger partial charge in [-0.1, -0.05) is 6.92 Å². The van der Waals surface area contributed by atoms with E-state index in [2.05, 4.69) is 9.97 Å². The fourth-order valence-electron chi connectivity index (χ4n) is 1.93. The van der Waals surface area contributed by atoms with Crippen molar-refractivity contribution in [2.75, 3.05) is 0 Å². The molecule has 0 aliphatic rings. The van der Waals surface area contributed by atoms with Crippen LogP contribution in [0.15, 0.2) is 42.9 Å². The lowest BCUT2D eigenvalue weighted by molar-refractivity contribution is 0.410. The minimum absolute atomic E-state index is 0.346. The van der Waals surface area contributed by atoms with Gasteiger partial charge >= 0.3 is 0 Å². The van der Waals surface area contributed by atoms with Crippen molar-refractivity contribution in [1.29, 1.82) is 0 Å². The molecule has 18 heavy (non-hydrogen) atoms. The molecule has 1 atom stereocenters. The van der Waals surface area contributed by atoms with Gasteiger partial charge in [0, 0.05) is 12.4 Å². The molecule has 0 radical (unpaired) electrons. The lowest BCUT2D eigenvalue weighted by atomic mass is 9.86. The molecule has 0 amide bonds. The van der Waals surface area contributed by atoms with Gasteiger partial charge < -0.3 is 5.73 Å². The van der Waals surface area contributed by atoms with Gasteiger partial charge in [-0.2, -0.15) is 0 Å². The summed E-state index contributed by atoms with van der Waals surface area (Å²) in [6, 6.07) is 6.91. The number of nitrogens with two attached hydrogens (primary N) is 1. The topological polar surface area (TPSA) is 51.8 Å². The maximum absolute atomic E-state index is 12.9. The van der Waals surface area contributed by atoms with Gasteiger partial charge in [0.05, 0.1) is 17.4 Å². The molecule has 4 heteroatoms. The maximum atomic E-state index is 12.9. The Morgan fingerprint density at radius 1 is 1.22 bits per heavy atom. The third-order valence-corrected chi connectivity index (χ3v) is 3.14. The van der Waals surface area contributed by atoms with Crippen molar-refractivity contribution >= 4 is 0 Å². The van der Waals surface area contributed by atoms with Crippen LogP contribution >= 0.6 is 0 Å². The number of nitrogens with zero attached hydrogens (tertiary/aromatic N) is 2. The molecule has 2 aromatic heterocycles. The van der Waals surface area contributed by atoms with Crippen LogP contribution in [0.1, 0.15) is 24.6 Å². The molecule has 1 unspecified atom stereocenters. The van der Waals surface area contributed by atoms with Gasteiger partial charge in [0.1, 0.15) is 5.82 Å². The summed E-state index contributed by atoms with van der Waals surface area (Å²) in [5, 5.41) is 0. The number of rotatable bonds is 4. The molecule has 0 aliphatic heterocycles. The average molecular weight is 245 g/mol. The molecule has 2 heterocycles. The Bertz CT molecular complexity index is 498. The molecule has 0 bridgehead atoms. The normalized spacial score (nSPS) is 14.2. The van der Waals surface area contributed by atoms with Crippen LogP contribution in [0.5, 0.6) is 0 Å². The summed E-state index contributed by atoms with van der Waals surface area (Å²) in [4.78, 5) is 8.08. The van der Waals surface area contributed by atoms with Crippen LogP contribution in [0.3, 0.4) is 0 Å². The monoisotopic (exact) mass is 245 g/mol. The minimum atomic E-state index is -0.574. The van der Waals surface area contributed by atoms with Crippen molar-refractivity contribution in [3.05, 3.63) is 59.9 Å². The number of aromatic nitrogens is 2. The van der Waals surface area contributed by atoms with Crippen molar-refractivity contribution in [1.82, 2.24) is 9.97 Å². The largest absolute Gasteiger partial charge is 0.320 e. The predicted octanol–water partition coefficient (Wildman–Crippen LogP) is 2.42. The fourth-order valence-corrected chi connectivity index (χ4v) is 1.93. The highest BCUT2D eigenvalue weighted by molar-refractivity contribution is 5.22. The molecule has 0 saturated heterocycles. The molecule has 0 spiro atoms. The SMILES string of the molecule is CCC(N)(Cc1ccncc1)c1ccc(F)cn1. The lowest BCUT2D eigenvalue weighted by Crippen LogP contribution is -2.39. The van der Waals surface area contributed by atoms with Crippen molar-refractivity contribution in [3.8, 4) is 0 Å². The van der Waals surface area contributed by atoms with Crippen LogP contribution in [-0.4, -0.2) is 9.97 Å². The van der Waals surface area contributed by atoms with Crippen LogP contribution in [0.2, 0.25) is 0 Å². The third kappa shape index (κ3) is 2.71. The van der Waals surface area contributed by atoms with Crippen LogP contribution in [0.25, 0.3) is 0 Å². The summed E-state index contributed by atoms with van der Waals surface area (Å²) >= 11 is 0. The molecule has 0 fully saturated rings. The molecule has 2 rings (SSSR count). The lowest BCUT2D eigenvalue weighted by Gasteiger charge is -2.27. The molecule has 2 aromatic rings. The number of hydrogen-bond donors (Lipinski definition) is 1. The second-order valence-corrected chi connectivity index (χ2v) is 4.40. The summed E-state index contributed by atoms with van der Waals surface area (Å²) in [6.45, 7) is 2.01. The van der Waals surface area contributed by atoms with Crippen molar-refractivity contribution in [2.45, 2.75) is 25.3 Å². The zero-order chi connectivity index (χ0) is 13.0. The zero-order valence-electron chi connectivity index (χ0n) is 10.3. The Hall–Kier alpha value is -1.81. The predicted molar refractivity (Wildman–Crippen MR) is 68.3 cm³/mol. The molecular formula is C14H16FN3. The Balaban J connectivity index is 2.28. The van der Waals surface area contributed by atoms with E-state index in [0.29, 0.717) is 12.1 Å². The molecule has 0 aliphatic carbocycles. The third-order valence-electron chi connectivity index (χ3n) is 3.14. The smallest absolute Gasteiger partial charge is 0.141 e. The molecule has 3 nitrogen and oxygen atoms in total. The Morgan fingerprint density at radius 2 is 1.94 bits per heavy atom. The van der Waals surface area contributed by atoms with E-state index in [-0.39, 0.29) is 5.82 Å². The summed E-state index contributed by atoms with van der Waals surface area (Å²) in [7, 11) is 0. The van der Waals surface area contributed by atoms with E-state index in [1.54, 1.807) is 18.5 Å². The zero-order valence-corrected chi connectivity index (χ0v) is 10.3. The van der Waals surface area contributed by atoms with Gasteiger partial charge in [0.2, 0.25) is 0 Å². The van der Waals surface area contributed by atoms with E-state index in [4.69, 9.17) is 5.73 Å². The van der Waals surface area contributed by atoms with E-state index in [1.807, 2.05) is 19.1 Å². The first-order valence-electron chi connectivity index (χ1n) is 5.94. The van der Waals surface area contributed by atoms with Gasteiger partial charge in [-0.15, -0.1) is 0 Å². The first-order valence-corrected chi connectivity index (χ1v) is 5.94. The number of halogens is 1. The minimum Gasteiger partial charge on any atom is -0.320 e. The van der Waals surface area contributed by atoms with Crippen molar-refractivity contribution in [2.24, 2.45) is 5.73 Å². The van der Waals surface area contributed by atoms with E-state index < -0.39 is 5.54 Å². The molecule has 2 N–H and O–H groups in total. The molecule has 0 aromatic carbocycles. The average Bonchev–Trinajstić information content (AvgIpc) is 2.40. The van der Waals surface area contributed by atoms with E-state index in [1.165, 1.54) is 12.3 Å². The Kier molecular flexibility index (Phi) is 3.67. The van der Waals surface area contributed by atoms with Crippen LogP contribution in [-0.2, 0) is 12.0 Å². The van der Waals surface area contributed by atoms with Crippen molar-refractivity contribution < 1.29 is 4.39 Å². The number of pyridine rings is 2. The van der Waals surface area contributed by atoms with Crippen molar-refractivity contribution in [3.63, 3.8) is 0 Å². The maximum Gasteiger partial charge on any atom is 0.141 e. The molecule has 94 valence electrons. The summed E-state index contributed by atoms with van der Waals surface area (Å²) < 4.78 is 12.9. The highest BCUT2D eigenvalue weighted by atomic mass is 19.1. The molecule has 0 saturated carbocycles. The van der Waals surface area contributed by atoms with E-state index in [9.17, 15) is 4.39 Å². The van der Waals surface area contributed by atoms with Gasteiger partial charge in [-0.05, 0) is 42.7 Å². The molecular weight excluding hydrogens is 229 g/mol. The van der Waals surface area contributed by atoms with Gasteiger partial charge in [-0.25, -0.2) is 4.39 Å². The van der Waals surface area contributed by atoms with Gasteiger partial charge in [0.25, 0.3) is 0 Å². The van der Waals surface area contributed by atoms with Crippen LogP contribution in [0, 0.1) is 5.82 Å². The van der Waals surface area contributed by atoms with E-state index in [0.717, 1.165) is 12.0 Å². The second kappa shape index (κ2) is 5.23. The standard InChI is InChI=1S/C14H16FN3/c1-2-14(16,9-11-5-7-17-8-6-11)13-4-3-12(15)10-18-13/h3-8,10H,2,9,16H2,1H3. The van der Waals surface area contributed by atoms with Gasteiger partial charge in [-0.3, -0.25) is 9.97 Å². The summed E-state index contributed by atoms with van der Waals surface area (Å²) in [5.74, 6) is -0.346. The highest BCUT2D eigenvalue weighted by Crippen LogP contribution is 2.24. The first kappa shape index (κ1) is 12.6. The first-order chi connectivity index (χ1) is 8.64. The summed E-state index contributed by atoms with van der Waals surface area (Å²) in [6.07, 6.45) is 6.07. The second-order valence-electron chi connectivity index (χ2n) is 4.40. The summed E-state index contributed by atoms with van der Waals surface area (Å²) in [5.41, 5.74) is 7.63. The van der Waals surface area contributed by atoms with Crippen LogP contribution in [0.4, 0.5) is 4.39 Å². The fraction of sp³-hybridized carbons (Fsp3) is 0.286. The highest BCUT2D eigenvalue weighted by Gasteiger charge is 2.27. The Morgan fingerprint density at radius 3 is 2.50 bits per heavy atom. The number of hydrogen-bond acceptors (Lipinski definition) is 3. The van der Waals surface area contributed by atoms with E-state index >= 15 is 0 Å². The van der Waals surface area contributed by atoms with Gasteiger partial charge in [0.15, 0.2) is 0 Å². The Labute approximate surface area is 106 Å².